The lowest BCUT2D eigenvalue weighted by Crippen LogP contribution is -2.36. The van der Waals surface area contributed by atoms with Crippen molar-refractivity contribution in [2.75, 3.05) is 30.7 Å². The van der Waals surface area contributed by atoms with Gasteiger partial charge in [-0.3, -0.25) is 9.59 Å². The summed E-state index contributed by atoms with van der Waals surface area (Å²) in [6.07, 6.45) is 29.5. The van der Waals surface area contributed by atoms with Crippen molar-refractivity contribution in [1.29, 1.82) is 0 Å². The third-order valence-electron chi connectivity index (χ3n) is 8.53. The molecule has 4 N–H and O–H groups in total. The Bertz CT molecular complexity index is 1820. The third-order valence-corrected chi connectivity index (χ3v) is 9.69. The first-order valence-electron chi connectivity index (χ1n) is 19.7. The molecule has 0 aliphatic heterocycles. The predicted molar refractivity (Wildman–Crippen MR) is 229 cm³/mol. The van der Waals surface area contributed by atoms with E-state index >= 15 is 0 Å². The summed E-state index contributed by atoms with van der Waals surface area (Å²) in [6, 6.07) is 5.56. The van der Waals surface area contributed by atoms with E-state index in [0.717, 1.165) is 55.5 Å². The van der Waals surface area contributed by atoms with Gasteiger partial charge in [0.1, 0.15) is 5.82 Å². The van der Waals surface area contributed by atoms with Crippen molar-refractivity contribution in [2.24, 2.45) is 0 Å². The van der Waals surface area contributed by atoms with Crippen LogP contribution in [0.2, 0.25) is 0 Å². The number of nitrogens with one attached hydrogen (secondary N) is 2. The summed E-state index contributed by atoms with van der Waals surface area (Å²) in [6.45, 7) is 6.33. The van der Waals surface area contributed by atoms with Gasteiger partial charge in [-0.05, 0) is 75.1 Å². The zero-order valence-corrected chi connectivity index (χ0v) is 34.9. The van der Waals surface area contributed by atoms with Crippen LogP contribution in [-0.4, -0.2) is 79.0 Å². The van der Waals surface area contributed by atoms with Crippen LogP contribution in [0.1, 0.15) is 102 Å². The van der Waals surface area contributed by atoms with Crippen LogP contribution >= 0.6 is 0 Å². The zero-order valence-electron chi connectivity index (χ0n) is 34.1. The minimum absolute atomic E-state index is 0.0588. The number of sulfonamides is 1. The fraction of sp³-hybridized carbons (Fsp3) is 0.455. The number of carbonyl (C=O) groups excluding carboxylic acids is 2. The number of aromatic nitrogens is 2. The lowest BCUT2D eigenvalue weighted by Gasteiger charge is -2.20. The van der Waals surface area contributed by atoms with Gasteiger partial charge in [0.15, 0.2) is 0 Å². The molecule has 2 amide bonds. The molecule has 0 saturated heterocycles. The van der Waals surface area contributed by atoms with Gasteiger partial charge < -0.3 is 20.8 Å². The maximum atomic E-state index is 13.8. The van der Waals surface area contributed by atoms with E-state index in [1.807, 2.05) is 13.8 Å². The standard InChI is InChI=1S/C44H62FN5O6S/c1-6-7-8-9-10-11-12-13-14-15-16-17-18-19-20-21-22-23-40(53)46-30-31-47-41(54)33-38(52)32-37(51)28-29-39-42(34(2)3)48-44(50(4)57(5,55)56)49-43(39)35-24-26-36(45)27-25-35/h7-8,10-11,13-14,16-17,19-20,24-29,34,37-38,51-52H,6,9,12,15,18,21-23,30-33H2,1-5H3,(H,46,53)(H,47,54)/b8-7?,11-10?,14-13?,17-16?,20-19?,29-28+/t37-,38-/m1/s1. The number of amides is 2. The maximum absolute atomic E-state index is 13.8. The van der Waals surface area contributed by atoms with Crippen molar-refractivity contribution in [3.8, 4) is 11.3 Å². The molecule has 2 atom stereocenters. The molecule has 0 fully saturated rings. The number of halogens is 1. The van der Waals surface area contributed by atoms with E-state index in [2.05, 4.69) is 88.3 Å². The molecule has 1 aromatic heterocycles. The summed E-state index contributed by atoms with van der Waals surface area (Å²) in [7, 11) is -2.35. The SMILES string of the molecule is CCC=CCC=CCC=CCC=CCC=CCCCC(=O)NCCNC(=O)C[C@H](O)C[C@H](O)/C=C/c1c(-c2ccc(F)cc2)nc(N(C)S(C)(=O)=O)nc1C(C)C. The molecule has 0 unspecified atom stereocenters. The Hall–Kier alpha value is -4.72. The van der Waals surface area contributed by atoms with Gasteiger partial charge in [0.05, 0.1) is 36.3 Å². The number of benzene rings is 1. The molecule has 2 rings (SSSR count). The number of nitrogens with zero attached hydrogens (tertiary/aromatic N) is 3. The Labute approximate surface area is 339 Å². The molecule has 312 valence electrons. The Kier molecular flexibility index (Phi) is 22.9. The molecule has 0 radical (unpaired) electrons. The Morgan fingerprint density at radius 1 is 0.842 bits per heavy atom. The van der Waals surface area contributed by atoms with Crippen LogP contribution in [0.3, 0.4) is 0 Å². The second kappa shape index (κ2) is 27.0. The van der Waals surface area contributed by atoms with Crippen LogP contribution in [0.25, 0.3) is 17.3 Å². The summed E-state index contributed by atoms with van der Waals surface area (Å²) < 4.78 is 39.3. The van der Waals surface area contributed by atoms with Crippen LogP contribution in [0.15, 0.2) is 91.1 Å². The van der Waals surface area contributed by atoms with Gasteiger partial charge in [0, 0.05) is 44.1 Å². The average molecular weight is 808 g/mol. The fourth-order valence-corrected chi connectivity index (χ4v) is 5.75. The minimum atomic E-state index is -3.69. The number of aliphatic hydroxyl groups is 2. The molecule has 0 spiro atoms. The summed E-state index contributed by atoms with van der Waals surface area (Å²) in [5, 5.41) is 26.7. The zero-order chi connectivity index (χ0) is 42.1. The van der Waals surface area contributed by atoms with Crippen molar-refractivity contribution in [3.05, 3.63) is 108 Å². The highest BCUT2D eigenvalue weighted by molar-refractivity contribution is 7.92. The Morgan fingerprint density at radius 3 is 1.93 bits per heavy atom. The van der Waals surface area contributed by atoms with Gasteiger partial charge in [-0.15, -0.1) is 0 Å². The Balaban J connectivity index is 1.75. The van der Waals surface area contributed by atoms with Crippen LogP contribution in [-0.2, 0) is 19.6 Å². The first kappa shape index (κ1) is 48.4. The third kappa shape index (κ3) is 20.3. The van der Waals surface area contributed by atoms with Gasteiger partial charge in [-0.2, -0.15) is 0 Å². The molecule has 0 bridgehead atoms. The number of allylic oxidation sites excluding steroid dienone is 10. The molecular weight excluding hydrogens is 746 g/mol. The number of hydrogen-bond donors (Lipinski definition) is 4. The van der Waals surface area contributed by atoms with E-state index in [1.165, 1.54) is 37.4 Å². The molecule has 57 heavy (non-hydrogen) atoms. The van der Waals surface area contributed by atoms with Crippen molar-refractivity contribution in [1.82, 2.24) is 20.6 Å². The van der Waals surface area contributed by atoms with E-state index < -0.39 is 34.0 Å². The van der Waals surface area contributed by atoms with E-state index in [1.54, 1.807) is 6.08 Å². The van der Waals surface area contributed by atoms with Crippen molar-refractivity contribution in [2.45, 2.75) is 103 Å². The fourth-order valence-electron chi connectivity index (χ4n) is 5.37. The molecule has 11 nitrogen and oxygen atoms in total. The van der Waals surface area contributed by atoms with Crippen molar-refractivity contribution in [3.63, 3.8) is 0 Å². The second-order valence-electron chi connectivity index (χ2n) is 13.9. The molecular formula is C44H62FN5O6S. The number of unbranched alkanes of at least 4 members (excludes halogenated alkanes) is 1. The van der Waals surface area contributed by atoms with Crippen molar-refractivity contribution >= 4 is 33.9 Å². The lowest BCUT2D eigenvalue weighted by molar-refractivity contribution is -0.124. The monoisotopic (exact) mass is 807 g/mol. The predicted octanol–water partition coefficient (Wildman–Crippen LogP) is 7.47. The summed E-state index contributed by atoms with van der Waals surface area (Å²) in [5.74, 6) is -1.23. The molecule has 1 aromatic carbocycles. The molecule has 0 saturated carbocycles. The van der Waals surface area contributed by atoms with Gasteiger partial charge in [-0.25, -0.2) is 27.1 Å². The van der Waals surface area contributed by atoms with Gasteiger partial charge in [0.2, 0.25) is 27.8 Å². The molecule has 13 heteroatoms. The number of anilines is 1. The first-order chi connectivity index (χ1) is 27.2. The summed E-state index contributed by atoms with van der Waals surface area (Å²) in [5.41, 5.74) is 1.83. The summed E-state index contributed by atoms with van der Waals surface area (Å²) >= 11 is 0. The topological polar surface area (TPSA) is 162 Å². The number of aliphatic hydroxyl groups excluding tert-OH is 2. The number of rotatable bonds is 26. The molecule has 0 aliphatic rings. The maximum Gasteiger partial charge on any atom is 0.239 e. The van der Waals surface area contributed by atoms with Crippen LogP contribution in [0.5, 0.6) is 0 Å². The lowest BCUT2D eigenvalue weighted by atomic mass is 9.97. The van der Waals surface area contributed by atoms with Crippen LogP contribution in [0.4, 0.5) is 10.3 Å². The molecule has 1 heterocycles. The summed E-state index contributed by atoms with van der Waals surface area (Å²) in [4.78, 5) is 33.6. The van der Waals surface area contributed by atoms with E-state index in [9.17, 15) is 32.6 Å². The largest absolute Gasteiger partial charge is 0.392 e. The second-order valence-corrected chi connectivity index (χ2v) is 15.9. The quantitative estimate of drug-likeness (QED) is 0.0563. The van der Waals surface area contributed by atoms with Gasteiger partial charge >= 0.3 is 0 Å². The highest BCUT2D eigenvalue weighted by Crippen LogP contribution is 2.32. The highest BCUT2D eigenvalue weighted by atomic mass is 32.2. The number of hydrogen-bond acceptors (Lipinski definition) is 8. The van der Waals surface area contributed by atoms with Crippen molar-refractivity contribution < 1.29 is 32.6 Å². The van der Waals surface area contributed by atoms with Gasteiger partial charge in [-0.1, -0.05) is 93.7 Å². The smallest absolute Gasteiger partial charge is 0.239 e. The normalized spacial score (nSPS) is 13.6. The van der Waals surface area contributed by atoms with Crippen LogP contribution < -0.4 is 14.9 Å². The average Bonchev–Trinajstić information content (AvgIpc) is 3.16. The molecule has 2 aromatic rings. The minimum Gasteiger partial charge on any atom is -0.392 e. The van der Waals surface area contributed by atoms with E-state index in [-0.39, 0.29) is 43.7 Å². The van der Waals surface area contributed by atoms with Gasteiger partial charge in [0.25, 0.3) is 0 Å². The number of carbonyl (C=O) groups is 2. The van der Waals surface area contributed by atoms with E-state index in [0.29, 0.717) is 28.9 Å². The van der Waals surface area contributed by atoms with E-state index in [4.69, 9.17) is 0 Å². The highest BCUT2D eigenvalue weighted by Gasteiger charge is 2.23. The Morgan fingerprint density at radius 2 is 1.39 bits per heavy atom. The van der Waals surface area contributed by atoms with Crippen LogP contribution in [0, 0.1) is 5.82 Å². The molecule has 0 aliphatic carbocycles. The first-order valence-corrected chi connectivity index (χ1v) is 21.5.